The summed E-state index contributed by atoms with van der Waals surface area (Å²) in [4.78, 5) is 14.7. The molecular weight excluding hydrogens is 232 g/mol. The van der Waals surface area contributed by atoms with E-state index in [1.54, 1.807) is 0 Å². The minimum atomic E-state index is -0.155. The van der Waals surface area contributed by atoms with E-state index in [4.69, 9.17) is 0 Å². The van der Waals surface area contributed by atoms with Crippen molar-refractivity contribution in [3.05, 3.63) is 0 Å². The zero-order chi connectivity index (χ0) is 11.9. The molecular formula is C13H22N2OS. The minimum absolute atomic E-state index is 0.155. The normalized spacial score (nSPS) is 36.3. The number of rotatable bonds is 2. The van der Waals surface area contributed by atoms with E-state index in [0.29, 0.717) is 11.9 Å². The van der Waals surface area contributed by atoms with Gasteiger partial charge in [0.15, 0.2) is 0 Å². The summed E-state index contributed by atoms with van der Waals surface area (Å²) in [6.07, 6.45) is 10.4. The highest BCUT2D eigenvalue weighted by molar-refractivity contribution is 7.99. The minimum Gasteiger partial charge on any atom is -0.325 e. The Labute approximate surface area is 108 Å². The first-order chi connectivity index (χ1) is 8.25. The smallest absolute Gasteiger partial charge is 0.244 e. The molecule has 17 heavy (non-hydrogen) atoms. The Balaban J connectivity index is 1.68. The average Bonchev–Trinajstić information content (AvgIpc) is 3.03. The van der Waals surface area contributed by atoms with E-state index >= 15 is 0 Å². The lowest BCUT2D eigenvalue weighted by molar-refractivity contribution is -0.134. The zero-order valence-electron chi connectivity index (χ0n) is 10.6. The number of carbonyl (C=O) groups excluding carboxylic acids is 1. The first kappa shape index (κ1) is 11.8. The maximum atomic E-state index is 12.6. The van der Waals surface area contributed by atoms with Crippen LogP contribution in [0.25, 0.3) is 0 Å². The number of nitrogens with zero attached hydrogens (tertiary/aromatic N) is 1. The van der Waals surface area contributed by atoms with Crippen molar-refractivity contribution in [1.29, 1.82) is 0 Å². The van der Waals surface area contributed by atoms with Crippen LogP contribution in [0.3, 0.4) is 0 Å². The first-order valence-corrected chi connectivity index (χ1v) is 8.13. The lowest BCUT2D eigenvalue weighted by atomic mass is 9.97. The fraction of sp³-hybridized carbons (Fsp3) is 0.923. The summed E-state index contributed by atoms with van der Waals surface area (Å²) in [6.45, 7) is 0.796. The second kappa shape index (κ2) is 4.47. The molecule has 1 saturated heterocycles. The highest BCUT2D eigenvalue weighted by Gasteiger charge is 2.50. The molecule has 2 atom stereocenters. The molecule has 0 radical (unpaired) electrons. The van der Waals surface area contributed by atoms with Crippen molar-refractivity contribution in [3.8, 4) is 0 Å². The Morgan fingerprint density at radius 3 is 2.76 bits per heavy atom. The quantitative estimate of drug-likeness (QED) is 0.818. The van der Waals surface area contributed by atoms with Crippen LogP contribution in [-0.4, -0.2) is 40.6 Å². The van der Waals surface area contributed by atoms with Crippen molar-refractivity contribution in [1.82, 2.24) is 10.2 Å². The summed E-state index contributed by atoms with van der Waals surface area (Å²) in [5.41, 5.74) is -0.155. The van der Waals surface area contributed by atoms with Gasteiger partial charge in [-0.3, -0.25) is 10.1 Å². The van der Waals surface area contributed by atoms with Crippen LogP contribution in [0.1, 0.15) is 44.9 Å². The molecule has 96 valence electrons. The van der Waals surface area contributed by atoms with Crippen molar-refractivity contribution in [2.75, 3.05) is 12.9 Å². The number of thioether (sulfide) groups is 1. The van der Waals surface area contributed by atoms with Crippen LogP contribution >= 0.6 is 11.8 Å². The van der Waals surface area contributed by atoms with Gasteiger partial charge in [-0.25, -0.2) is 0 Å². The van der Waals surface area contributed by atoms with E-state index in [-0.39, 0.29) is 5.54 Å². The van der Waals surface area contributed by atoms with Gasteiger partial charge in [-0.2, -0.15) is 11.8 Å². The van der Waals surface area contributed by atoms with E-state index in [1.807, 2.05) is 11.8 Å². The van der Waals surface area contributed by atoms with Gasteiger partial charge in [0, 0.05) is 11.3 Å². The summed E-state index contributed by atoms with van der Waals surface area (Å²) in [5, 5.41) is 4.28. The van der Waals surface area contributed by atoms with E-state index in [9.17, 15) is 4.79 Å². The van der Waals surface area contributed by atoms with Crippen molar-refractivity contribution >= 4 is 17.7 Å². The molecule has 2 aliphatic carbocycles. The largest absolute Gasteiger partial charge is 0.325 e. The third kappa shape index (κ3) is 1.89. The predicted octanol–water partition coefficient (Wildman–Crippen LogP) is 1.97. The van der Waals surface area contributed by atoms with Crippen LogP contribution in [0, 0.1) is 0 Å². The van der Waals surface area contributed by atoms with Crippen molar-refractivity contribution in [2.24, 2.45) is 0 Å². The number of amides is 1. The van der Waals surface area contributed by atoms with Crippen molar-refractivity contribution in [3.63, 3.8) is 0 Å². The molecule has 3 aliphatic rings. The van der Waals surface area contributed by atoms with E-state index < -0.39 is 0 Å². The van der Waals surface area contributed by atoms with Gasteiger partial charge in [-0.15, -0.1) is 0 Å². The SMILES string of the molecule is CSC1CCC(N2CNC3(CCCC3)C2=O)C1. The topological polar surface area (TPSA) is 32.3 Å². The maximum absolute atomic E-state index is 12.6. The Kier molecular flexibility index (Phi) is 3.11. The first-order valence-electron chi connectivity index (χ1n) is 6.84. The van der Waals surface area contributed by atoms with Crippen LogP contribution in [0.5, 0.6) is 0 Å². The van der Waals surface area contributed by atoms with Crippen molar-refractivity contribution < 1.29 is 4.79 Å². The third-order valence-corrected chi connectivity index (χ3v) is 5.94. The van der Waals surface area contributed by atoms with E-state index in [1.165, 1.54) is 32.1 Å². The highest BCUT2D eigenvalue weighted by Crippen LogP contribution is 2.38. The molecule has 1 amide bonds. The Morgan fingerprint density at radius 1 is 1.35 bits per heavy atom. The molecule has 0 aromatic carbocycles. The Hall–Kier alpha value is -0.220. The van der Waals surface area contributed by atoms with Gasteiger partial charge in [0.1, 0.15) is 0 Å². The van der Waals surface area contributed by atoms with Gasteiger partial charge in [0.2, 0.25) is 5.91 Å². The van der Waals surface area contributed by atoms with E-state index in [2.05, 4.69) is 16.5 Å². The third-order valence-electron chi connectivity index (χ3n) is 4.85. The lowest BCUT2D eigenvalue weighted by Gasteiger charge is -2.26. The number of nitrogens with one attached hydrogen (secondary N) is 1. The number of hydrogen-bond donors (Lipinski definition) is 1. The fourth-order valence-electron chi connectivity index (χ4n) is 3.74. The van der Waals surface area contributed by atoms with Crippen LogP contribution in [0.2, 0.25) is 0 Å². The van der Waals surface area contributed by atoms with Crippen LogP contribution in [0.4, 0.5) is 0 Å². The van der Waals surface area contributed by atoms with Gasteiger partial charge in [0.05, 0.1) is 12.2 Å². The maximum Gasteiger partial charge on any atom is 0.244 e. The molecule has 1 aliphatic heterocycles. The van der Waals surface area contributed by atoms with Gasteiger partial charge < -0.3 is 4.90 Å². The molecule has 3 rings (SSSR count). The Morgan fingerprint density at radius 2 is 2.12 bits per heavy atom. The van der Waals surface area contributed by atoms with Crippen molar-refractivity contribution in [2.45, 2.75) is 61.8 Å². The molecule has 2 unspecified atom stereocenters. The molecule has 0 aromatic rings. The van der Waals surface area contributed by atoms with Gasteiger partial charge in [0.25, 0.3) is 0 Å². The second-order valence-corrected chi connectivity index (χ2v) is 6.86. The predicted molar refractivity (Wildman–Crippen MR) is 71.0 cm³/mol. The molecule has 1 heterocycles. The molecule has 1 N–H and O–H groups in total. The average molecular weight is 254 g/mol. The van der Waals surface area contributed by atoms with Crippen LogP contribution < -0.4 is 5.32 Å². The number of carbonyl (C=O) groups is 1. The summed E-state index contributed by atoms with van der Waals surface area (Å²) in [5.74, 6) is 0.404. The summed E-state index contributed by atoms with van der Waals surface area (Å²) < 4.78 is 0. The summed E-state index contributed by atoms with van der Waals surface area (Å²) in [7, 11) is 0. The molecule has 2 saturated carbocycles. The Bertz CT molecular complexity index is 315. The van der Waals surface area contributed by atoms with Gasteiger partial charge >= 0.3 is 0 Å². The standard InChI is InChI=1S/C13H22N2OS/c1-17-11-5-4-10(8-11)15-9-14-13(12(15)16)6-2-3-7-13/h10-11,14H,2-9H2,1H3. The molecule has 3 fully saturated rings. The van der Waals surface area contributed by atoms with Crippen LogP contribution in [0.15, 0.2) is 0 Å². The zero-order valence-corrected chi connectivity index (χ0v) is 11.4. The summed E-state index contributed by atoms with van der Waals surface area (Å²) >= 11 is 1.96. The van der Waals surface area contributed by atoms with Gasteiger partial charge in [-0.1, -0.05) is 12.8 Å². The molecule has 0 bridgehead atoms. The van der Waals surface area contributed by atoms with Crippen LogP contribution in [-0.2, 0) is 4.79 Å². The molecule has 0 aromatic heterocycles. The van der Waals surface area contributed by atoms with Gasteiger partial charge in [-0.05, 0) is 38.4 Å². The lowest BCUT2D eigenvalue weighted by Crippen LogP contribution is -2.45. The summed E-state index contributed by atoms with van der Waals surface area (Å²) in [6, 6.07) is 0.507. The number of hydrogen-bond acceptors (Lipinski definition) is 3. The molecule has 4 heteroatoms. The second-order valence-electron chi connectivity index (χ2n) is 5.72. The fourth-order valence-corrected chi connectivity index (χ4v) is 4.52. The van der Waals surface area contributed by atoms with E-state index in [0.717, 1.165) is 24.8 Å². The molecule has 1 spiro atoms. The molecule has 3 nitrogen and oxygen atoms in total. The monoisotopic (exact) mass is 254 g/mol. The highest BCUT2D eigenvalue weighted by atomic mass is 32.2.